The van der Waals surface area contributed by atoms with Gasteiger partial charge in [0, 0.05) is 26.3 Å². The number of carbonyl (C=O) groups is 1. The summed E-state index contributed by atoms with van der Waals surface area (Å²) in [5.74, 6) is -0.359. The fourth-order valence-corrected chi connectivity index (χ4v) is 2.46. The third-order valence-electron chi connectivity index (χ3n) is 3.93. The van der Waals surface area contributed by atoms with Crippen LogP contribution in [0.1, 0.15) is 22.2 Å². The summed E-state index contributed by atoms with van der Waals surface area (Å²) < 4.78 is 0. The number of hydrogen-bond donors (Lipinski definition) is 2. The van der Waals surface area contributed by atoms with Crippen LogP contribution in [0.25, 0.3) is 11.0 Å². The molecule has 128 valence electrons. The van der Waals surface area contributed by atoms with Gasteiger partial charge in [-0.15, -0.1) is 0 Å². The van der Waals surface area contributed by atoms with Gasteiger partial charge >= 0.3 is 0 Å². The Morgan fingerprint density at radius 3 is 2.48 bits per heavy atom. The first-order chi connectivity index (χ1) is 12.0. The highest BCUT2D eigenvalue weighted by atomic mass is 16.3. The summed E-state index contributed by atoms with van der Waals surface area (Å²) >= 11 is 0. The molecule has 0 saturated heterocycles. The van der Waals surface area contributed by atoms with Gasteiger partial charge in [-0.3, -0.25) is 9.78 Å². The topological polar surface area (TPSA) is 78.4 Å². The quantitative estimate of drug-likeness (QED) is 0.746. The standard InChI is InChI=1S/C19H20N4O2/c1-23(2)14-9-7-13(8-10-14)18(24)12-21-19(25)17-11-20-15-5-3-4-6-16(15)22-17/h3-11,18,24H,12H2,1-2H3,(H,21,25). The van der Waals surface area contributed by atoms with Crippen molar-refractivity contribution in [2.45, 2.75) is 6.10 Å². The third-order valence-corrected chi connectivity index (χ3v) is 3.93. The van der Waals surface area contributed by atoms with Gasteiger partial charge in [0.25, 0.3) is 5.91 Å². The van der Waals surface area contributed by atoms with E-state index in [4.69, 9.17) is 0 Å². The van der Waals surface area contributed by atoms with Crippen LogP contribution < -0.4 is 10.2 Å². The molecule has 1 heterocycles. The van der Waals surface area contributed by atoms with E-state index < -0.39 is 6.10 Å². The predicted octanol–water partition coefficient (Wildman–Crippen LogP) is 2.16. The Labute approximate surface area is 146 Å². The lowest BCUT2D eigenvalue weighted by Gasteiger charge is -2.15. The molecule has 1 aromatic heterocycles. The molecule has 0 aliphatic heterocycles. The summed E-state index contributed by atoms with van der Waals surface area (Å²) in [4.78, 5) is 22.7. The number of aliphatic hydroxyl groups excluding tert-OH is 1. The van der Waals surface area contributed by atoms with Crippen molar-refractivity contribution in [2.24, 2.45) is 0 Å². The molecule has 25 heavy (non-hydrogen) atoms. The SMILES string of the molecule is CN(C)c1ccc(C(O)CNC(=O)c2cnc3ccccc3n2)cc1. The summed E-state index contributed by atoms with van der Waals surface area (Å²) in [6, 6.07) is 14.9. The minimum absolute atomic E-state index is 0.106. The Morgan fingerprint density at radius 2 is 1.80 bits per heavy atom. The second kappa shape index (κ2) is 7.27. The predicted molar refractivity (Wildman–Crippen MR) is 97.6 cm³/mol. The van der Waals surface area contributed by atoms with E-state index in [9.17, 15) is 9.90 Å². The molecule has 2 aromatic carbocycles. The molecular formula is C19H20N4O2. The molecule has 3 rings (SSSR count). The molecular weight excluding hydrogens is 316 g/mol. The van der Waals surface area contributed by atoms with Crippen LogP contribution >= 0.6 is 0 Å². The maximum Gasteiger partial charge on any atom is 0.271 e. The van der Waals surface area contributed by atoms with Gasteiger partial charge in [-0.05, 0) is 29.8 Å². The van der Waals surface area contributed by atoms with Crippen LogP contribution in [0.4, 0.5) is 5.69 Å². The minimum Gasteiger partial charge on any atom is -0.387 e. The van der Waals surface area contributed by atoms with E-state index >= 15 is 0 Å². The van der Waals surface area contributed by atoms with Crippen molar-refractivity contribution in [3.8, 4) is 0 Å². The lowest BCUT2D eigenvalue weighted by Crippen LogP contribution is -2.29. The van der Waals surface area contributed by atoms with Gasteiger partial charge in [-0.25, -0.2) is 4.98 Å². The Hall–Kier alpha value is -2.99. The third kappa shape index (κ3) is 3.92. The Balaban J connectivity index is 1.64. The fourth-order valence-electron chi connectivity index (χ4n) is 2.46. The van der Waals surface area contributed by atoms with Gasteiger partial charge in [0.15, 0.2) is 0 Å². The lowest BCUT2D eigenvalue weighted by molar-refractivity contribution is 0.0911. The van der Waals surface area contributed by atoms with Crippen molar-refractivity contribution < 1.29 is 9.90 Å². The van der Waals surface area contributed by atoms with E-state index in [-0.39, 0.29) is 18.1 Å². The second-order valence-electron chi connectivity index (χ2n) is 5.96. The molecule has 6 nitrogen and oxygen atoms in total. The minimum atomic E-state index is -0.784. The average Bonchev–Trinajstić information content (AvgIpc) is 2.65. The van der Waals surface area contributed by atoms with Crippen LogP contribution in [0.2, 0.25) is 0 Å². The summed E-state index contributed by atoms with van der Waals surface area (Å²) in [5, 5.41) is 13.0. The van der Waals surface area contributed by atoms with Crippen LogP contribution in [-0.2, 0) is 0 Å². The van der Waals surface area contributed by atoms with Gasteiger partial charge in [0.1, 0.15) is 5.69 Å². The van der Waals surface area contributed by atoms with E-state index in [0.717, 1.165) is 16.8 Å². The van der Waals surface area contributed by atoms with E-state index in [2.05, 4.69) is 15.3 Å². The zero-order valence-electron chi connectivity index (χ0n) is 14.2. The second-order valence-corrected chi connectivity index (χ2v) is 5.96. The average molecular weight is 336 g/mol. The number of nitrogens with zero attached hydrogens (tertiary/aromatic N) is 3. The number of para-hydroxylation sites is 2. The number of fused-ring (bicyclic) bond motifs is 1. The van der Waals surface area contributed by atoms with E-state index in [1.807, 2.05) is 61.5 Å². The first-order valence-electron chi connectivity index (χ1n) is 8.00. The van der Waals surface area contributed by atoms with Crippen molar-refractivity contribution >= 4 is 22.6 Å². The maximum atomic E-state index is 12.2. The number of rotatable bonds is 5. The zero-order chi connectivity index (χ0) is 17.8. The molecule has 2 N–H and O–H groups in total. The number of nitrogens with one attached hydrogen (secondary N) is 1. The van der Waals surface area contributed by atoms with E-state index in [0.29, 0.717) is 5.52 Å². The largest absolute Gasteiger partial charge is 0.387 e. The highest BCUT2D eigenvalue weighted by Gasteiger charge is 2.13. The molecule has 1 unspecified atom stereocenters. The molecule has 6 heteroatoms. The zero-order valence-corrected chi connectivity index (χ0v) is 14.2. The monoisotopic (exact) mass is 336 g/mol. The first kappa shape index (κ1) is 16.9. The fraction of sp³-hybridized carbons (Fsp3) is 0.211. The molecule has 0 fully saturated rings. The van der Waals surface area contributed by atoms with E-state index in [1.54, 1.807) is 6.07 Å². The number of amides is 1. The van der Waals surface area contributed by atoms with Crippen LogP contribution in [0.3, 0.4) is 0 Å². The highest BCUT2D eigenvalue weighted by Crippen LogP contribution is 2.17. The molecule has 0 saturated carbocycles. The van der Waals surface area contributed by atoms with Crippen LogP contribution in [0, 0.1) is 0 Å². The molecule has 0 spiro atoms. The van der Waals surface area contributed by atoms with Gasteiger partial charge < -0.3 is 15.3 Å². The first-order valence-corrected chi connectivity index (χ1v) is 8.00. The Kier molecular flexibility index (Phi) is 4.90. The Bertz CT molecular complexity index is 878. The highest BCUT2D eigenvalue weighted by molar-refractivity contribution is 5.93. The molecule has 0 aliphatic carbocycles. The summed E-state index contributed by atoms with van der Waals surface area (Å²) in [6.07, 6.45) is 0.657. The Morgan fingerprint density at radius 1 is 1.12 bits per heavy atom. The maximum absolute atomic E-state index is 12.2. The summed E-state index contributed by atoms with van der Waals surface area (Å²) in [6.45, 7) is 0.106. The molecule has 1 atom stereocenters. The van der Waals surface area contributed by atoms with Gasteiger partial charge in [0.05, 0.1) is 23.3 Å². The van der Waals surface area contributed by atoms with Gasteiger partial charge in [0.2, 0.25) is 0 Å². The van der Waals surface area contributed by atoms with Gasteiger partial charge in [-0.1, -0.05) is 24.3 Å². The number of hydrogen-bond acceptors (Lipinski definition) is 5. The van der Waals surface area contributed by atoms with Crippen LogP contribution in [-0.4, -0.2) is 41.6 Å². The number of benzene rings is 2. The smallest absolute Gasteiger partial charge is 0.271 e. The molecule has 0 aliphatic rings. The van der Waals surface area contributed by atoms with Crippen molar-refractivity contribution in [1.82, 2.24) is 15.3 Å². The van der Waals surface area contributed by atoms with E-state index in [1.165, 1.54) is 6.20 Å². The number of aliphatic hydroxyl groups is 1. The van der Waals surface area contributed by atoms with Crippen LogP contribution in [0.15, 0.2) is 54.7 Å². The lowest BCUT2D eigenvalue weighted by atomic mass is 10.1. The number of anilines is 1. The number of carbonyl (C=O) groups excluding carboxylic acids is 1. The van der Waals surface area contributed by atoms with Crippen molar-refractivity contribution in [3.63, 3.8) is 0 Å². The van der Waals surface area contributed by atoms with Gasteiger partial charge in [-0.2, -0.15) is 0 Å². The summed E-state index contributed by atoms with van der Waals surface area (Å²) in [5.41, 5.74) is 3.42. The van der Waals surface area contributed by atoms with Crippen LogP contribution in [0.5, 0.6) is 0 Å². The van der Waals surface area contributed by atoms with Crippen molar-refractivity contribution in [1.29, 1.82) is 0 Å². The molecule has 1 amide bonds. The molecule has 3 aromatic rings. The van der Waals surface area contributed by atoms with Crippen molar-refractivity contribution in [3.05, 3.63) is 66.0 Å². The normalized spacial score (nSPS) is 12.0. The number of aromatic nitrogens is 2. The summed E-state index contributed by atoms with van der Waals surface area (Å²) in [7, 11) is 3.91. The molecule has 0 bridgehead atoms. The molecule has 0 radical (unpaired) electrons. The van der Waals surface area contributed by atoms with Crippen molar-refractivity contribution in [2.75, 3.05) is 25.5 Å².